The van der Waals surface area contributed by atoms with Crippen molar-refractivity contribution in [1.82, 2.24) is 4.98 Å². The third-order valence-corrected chi connectivity index (χ3v) is 8.13. The van der Waals surface area contributed by atoms with Crippen molar-refractivity contribution >= 4 is 39.1 Å². The van der Waals surface area contributed by atoms with Crippen molar-refractivity contribution in [2.75, 3.05) is 11.9 Å². The zero-order valence-electron chi connectivity index (χ0n) is 20.9. The van der Waals surface area contributed by atoms with E-state index in [0.29, 0.717) is 28.7 Å². The Morgan fingerprint density at radius 1 is 1.11 bits per heavy atom. The average molecular weight is 499 g/mol. The fourth-order valence-electron chi connectivity index (χ4n) is 4.92. The first-order valence-electron chi connectivity index (χ1n) is 12.6. The summed E-state index contributed by atoms with van der Waals surface area (Å²) in [6.07, 6.45) is 3.94. The molecule has 0 saturated heterocycles. The number of hydrogen-bond acceptors (Lipinski definition) is 5. The van der Waals surface area contributed by atoms with Crippen molar-refractivity contribution in [1.29, 1.82) is 0 Å². The number of amides is 1. The normalized spacial score (nSPS) is 14.9. The van der Waals surface area contributed by atoms with Gasteiger partial charge >= 0.3 is 5.97 Å². The van der Waals surface area contributed by atoms with Crippen molar-refractivity contribution in [2.45, 2.75) is 46.5 Å². The molecule has 0 bridgehead atoms. The number of rotatable bonds is 6. The Hall–Kier alpha value is -3.51. The van der Waals surface area contributed by atoms with Crippen LogP contribution in [0, 0.1) is 12.8 Å². The summed E-state index contributed by atoms with van der Waals surface area (Å²) in [6.45, 7) is 6.35. The van der Waals surface area contributed by atoms with E-state index in [4.69, 9.17) is 9.72 Å². The molecule has 36 heavy (non-hydrogen) atoms. The second kappa shape index (κ2) is 10.2. The standard InChI is InChI=1S/C30H30N2O3S/c1-4-19-12-15-22-26(16-19)36-29(27(22)30(34)35-5-2)32-28(33)23-17-25(20-13-10-18(3)11-14-20)31-24-9-7-6-8-21(23)24/h6-11,13-14,17,19H,4-5,12,15-16H2,1-3H3,(H,32,33). The van der Waals surface area contributed by atoms with Gasteiger partial charge in [-0.15, -0.1) is 11.3 Å². The minimum absolute atomic E-state index is 0.252. The van der Waals surface area contributed by atoms with Crippen molar-refractivity contribution < 1.29 is 14.3 Å². The van der Waals surface area contributed by atoms with E-state index in [0.717, 1.165) is 59.0 Å². The van der Waals surface area contributed by atoms with E-state index < -0.39 is 0 Å². The highest BCUT2D eigenvalue weighted by Gasteiger charge is 2.30. The van der Waals surface area contributed by atoms with Gasteiger partial charge in [0.2, 0.25) is 0 Å². The highest BCUT2D eigenvalue weighted by atomic mass is 32.1. The fourth-order valence-corrected chi connectivity index (χ4v) is 6.26. The van der Waals surface area contributed by atoms with Gasteiger partial charge in [-0.3, -0.25) is 4.79 Å². The van der Waals surface area contributed by atoms with Crippen molar-refractivity contribution in [3.05, 3.63) is 81.7 Å². The molecule has 5 rings (SSSR count). The molecule has 0 fully saturated rings. The molecule has 0 aliphatic heterocycles. The second-order valence-corrected chi connectivity index (χ2v) is 10.4. The summed E-state index contributed by atoms with van der Waals surface area (Å²) < 4.78 is 5.40. The van der Waals surface area contributed by atoms with Crippen LogP contribution >= 0.6 is 11.3 Å². The first-order valence-corrected chi connectivity index (χ1v) is 13.4. The molecule has 1 aliphatic rings. The Kier molecular flexibility index (Phi) is 6.88. The van der Waals surface area contributed by atoms with Crippen molar-refractivity contribution in [3.8, 4) is 11.3 Å². The van der Waals surface area contributed by atoms with Crippen molar-refractivity contribution in [2.24, 2.45) is 5.92 Å². The molecular weight excluding hydrogens is 468 g/mol. The smallest absolute Gasteiger partial charge is 0.341 e. The summed E-state index contributed by atoms with van der Waals surface area (Å²) in [7, 11) is 0. The van der Waals surface area contributed by atoms with Crippen LogP contribution in [0.5, 0.6) is 0 Å². The van der Waals surface area contributed by atoms with Crippen LogP contribution in [0.2, 0.25) is 0 Å². The summed E-state index contributed by atoms with van der Waals surface area (Å²) in [6, 6.07) is 17.6. The van der Waals surface area contributed by atoms with Gasteiger partial charge in [0.25, 0.3) is 5.91 Å². The van der Waals surface area contributed by atoms with Gasteiger partial charge in [0.05, 0.1) is 28.9 Å². The molecule has 1 atom stereocenters. The lowest BCUT2D eigenvalue weighted by Gasteiger charge is -2.20. The third-order valence-electron chi connectivity index (χ3n) is 6.96. The van der Waals surface area contributed by atoms with Gasteiger partial charge in [-0.2, -0.15) is 0 Å². The molecule has 1 N–H and O–H groups in total. The molecule has 1 unspecified atom stereocenters. The van der Waals surface area contributed by atoms with E-state index in [2.05, 4.69) is 12.2 Å². The number of carbonyl (C=O) groups is 2. The number of ether oxygens (including phenoxy) is 1. The monoisotopic (exact) mass is 498 g/mol. The molecule has 0 radical (unpaired) electrons. The predicted molar refractivity (Wildman–Crippen MR) is 146 cm³/mol. The molecule has 2 aromatic carbocycles. The van der Waals surface area contributed by atoms with E-state index >= 15 is 0 Å². The second-order valence-electron chi connectivity index (χ2n) is 9.34. The summed E-state index contributed by atoms with van der Waals surface area (Å²) in [5, 5.41) is 4.44. The number of hydrogen-bond donors (Lipinski definition) is 1. The van der Waals surface area contributed by atoms with Crippen LogP contribution in [0.4, 0.5) is 5.00 Å². The Balaban J connectivity index is 1.56. The van der Waals surface area contributed by atoms with E-state index in [1.54, 1.807) is 6.92 Å². The number of benzene rings is 2. The van der Waals surface area contributed by atoms with Crippen LogP contribution in [0.3, 0.4) is 0 Å². The number of thiophene rings is 1. The molecule has 1 aliphatic carbocycles. The number of nitrogens with zero attached hydrogens (tertiary/aromatic N) is 1. The molecule has 2 heterocycles. The van der Waals surface area contributed by atoms with Crippen LogP contribution in [-0.4, -0.2) is 23.5 Å². The molecule has 1 amide bonds. The SMILES string of the molecule is CCOC(=O)c1c(NC(=O)c2cc(-c3ccc(C)cc3)nc3ccccc23)sc2c1CCC(CC)C2. The first-order chi connectivity index (χ1) is 17.5. The van der Waals surface area contributed by atoms with Gasteiger partial charge in [0, 0.05) is 15.8 Å². The molecule has 6 heteroatoms. The highest BCUT2D eigenvalue weighted by Crippen LogP contribution is 2.41. The number of para-hydroxylation sites is 1. The molecule has 2 aromatic heterocycles. The van der Waals surface area contributed by atoms with Gasteiger partial charge in [0.1, 0.15) is 5.00 Å². The minimum Gasteiger partial charge on any atom is -0.462 e. The molecule has 4 aromatic rings. The minimum atomic E-state index is -0.361. The van der Waals surface area contributed by atoms with Gasteiger partial charge in [0.15, 0.2) is 0 Å². The number of esters is 1. The zero-order valence-corrected chi connectivity index (χ0v) is 21.7. The maximum Gasteiger partial charge on any atom is 0.341 e. The number of aryl methyl sites for hydroxylation is 1. The molecule has 5 nitrogen and oxygen atoms in total. The Morgan fingerprint density at radius 2 is 1.89 bits per heavy atom. The Morgan fingerprint density at radius 3 is 2.64 bits per heavy atom. The lowest BCUT2D eigenvalue weighted by Crippen LogP contribution is -2.17. The summed E-state index contributed by atoms with van der Waals surface area (Å²) in [5.74, 6) is -0.00529. The maximum absolute atomic E-state index is 13.7. The predicted octanol–water partition coefficient (Wildman–Crippen LogP) is 7.22. The number of fused-ring (bicyclic) bond motifs is 2. The fraction of sp³-hybridized carbons (Fsp3) is 0.300. The summed E-state index contributed by atoms with van der Waals surface area (Å²) in [4.78, 5) is 32.7. The Labute approximate surface area is 215 Å². The number of nitrogens with one attached hydrogen (secondary N) is 1. The third kappa shape index (κ3) is 4.65. The topological polar surface area (TPSA) is 68.3 Å². The largest absolute Gasteiger partial charge is 0.462 e. The van der Waals surface area contributed by atoms with Gasteiger partial charge < -0.3 is 10.1 Å². The van der Waals surface area contributed by atoms with Crippen LogP contribution in [-0.2, 0) is 17.6 Å². The number of carbonyl (C=O) groups excluding carboxylic acids is 2. The van der Waals surface area contributed by atoms with Gasteiger partial charge in [-0.25, -0.2) is 9.78 Å². The van der Waals surface area contributed by atoms with Crippen LogP contribution in [0.25, 0.3) is 22.2 Å². The average Bonchev–Trinajstić information content (AvgIpc) is 3.25. The Bertz CT molecular complexity index is 1440. The first kappa shape index (κ1) is 24.2. The van der Waals surface area contributed by atoms with E-state index in [9.17, 15) is 9.59 Å². The van der Waals surface area contributed by atoms with Crippen LogP contribution in [0.15, 0.2) is 54.6 Å². The van der Waals surface area contributed by atoms with E-state index in [-0.39, 0.29) is 11.9 Å². The summed E-state index contributed by atoms with van der Waals surface area (Å²) >= 11 is 1.52. The lowest BCUT2D eigenvalue weighted by molar-refractivity contribution is 0.0526. The highest BCUT2D eigenvalue weighted by molar-refractivity contribution is 7.17. The number of pyridine rings is 1. The number of anilines is 1. The van der Waals surface area contributed by atoms with Gasteiger partial charge in [-0.1, -0.05) is 61.4 Å². The molecular formula is C30H30N2O3S. The van der Waals surface area contributed by atoms with E-state index in [1.807, 2.05) is 61.5 Å². The summed E-state index contributed by atoms with van der Waals surface area (Å²) in [5.41, 5.74) is 5.70. The van der Waals surface area contributed by atoms with Crippen LogP contribution < -0.4 is 5.32 Å². The van der Waals surface area contributed by atoms with E-state index in [1.165, 1.54) is 16.2 Å². The van der Waals surface area contributed by atoms with Gasteiger partial charge in [-0.05, 0) is 56.7 Å². The molecule has 184 valence electrons. The lowest BCUT2D eigenvalue weighted by atomic mass is 9.85. The zero-order chi connectivity index (χ0) is 25.2. The van der Waals surface area contributed by atoms with Crippen LogP contribution in [0.1, 0.15) is 63.4 Å². The molecule has 0 spiro atoms. The quantitative estimate of drug-likeness (QED) is 0.285. The maximum atomic E-state index is 13.7. The van der Waals surface area contributed by atoms with Crippen molar-refractivity contribution in [3.63, 3.8) is 0 Å². The number of aromatic nitrogens is 1. The molecule has 0 saturated carbocycles.